The highest BCUT2D eigenvalue weighted by Crippen LogP contribution is 2.13. The smallest absolute Gasteiger partial charge is 0.219 e. The minimum atomic E-state index is 0.204. The van der Waals surface area contributed by atoms with E-state index in [-0.39, 0.29) is 11.7 Å². The number of unbranched alkanes of at least 4 members (excludes halogenated alkanes) is 15. The third kappa shape index (κ3) is 24.8. The van der Waals surface area contributed by atoms with Gasteiger partial charge < -0.3 is 14.9 Å². The minimum absolute atomic E-state index is 0.204. The molecule has 0 saturated heterocycles. The van der Waals surface area contributed by atoms with Crippen molar-refractivity contribution in [2.75, 3.05) is 6.54 Å². The number of nitrogens with one attached hydrogen (secondary N) is 1. The lowest BCUT2D eigenvalue weighted by atomic mass is 10.0. The fourth-order valence-corrected chi connectivity index (χ4v) is 3.77. The number of carbonyl (C=O) groups excluding carboxylic acids is 3. The molecule has 0 bridgehead atoms. The van der Waals surface area contributed by atoms with E-state index in [0.717, 1.165) is 57.9 Å². The van der Waals surface area contributed by atoms with E-state index in [1.54, 1.807) is 13.8 Å². The van der Waals surface area contributed by atoms with Crippen LogP contribution in [-0.4, -0.2) is 24.0 Å². The predicted octanol–water partition coefficient (Wildman–Crippen LogP) is 7.08. The van der Waals surface area contributed by atoms with Gasteiger partial charge in [0.1, 0.15) is 11.6 Å². The van der Waals surface area contributed by atoms with Crippen molar-refractivity contribution >= 4 is 17.5 Å². The van der Waals surface area contributed by atoms with E-state index >= 15 is 0 Å². The summed E-state index contributed by atoms with van der Waals surface area (Å²) in [6.45, 7) is 4.13. The van der Waals surface area contributed by atoms with Crippen LogP contribution in [0.1, 0.15) is 142 Å². The molecular weight excluding hydrogens is 374 g/mol. The highest BCUT2D eigenvalue weighted by molar-refractivity contribution is 5.76. The first-order chi connectivity index (χ1) is 14.5. The van der Waals surface area contributed by atoms with E-state index in [0.29, 0.717) is 18.6 Å². The van der Waals surface area contributed by atoms with E-state index in [1.165, 1.54) is 64.2 Å². The lowest BCUT2D eigenvalue weighted by Gasteiger charge is -2.06. The molecular formula is C26H49NO3. The van der Waals surface area contributed by atoms with E-state index in [4.69, 9.17) is 0 Å². The normalized spacial score (nSPS) is 10.9. The molecule has 0 aliphatic carbocycles. The third-order valence-electron chi connectivity index (χ3n) is 5.71. The molecule has 0 aromatic carbocycles. The SMILES string of the molecule is CC(=O)CCCCCCCCCCCCCCC(=O)NCCCCCCCC(C)=O. The second kappa shape index (κ2) is 22.5. The Hall–Kier alpha value is -1.19. The zero-order valence-electron chi connectivity index (χ0n) is 20.1. The van der Waals surface area contributed by atoms with Crippen LogP contribution in [-0.2, 0) is 14.4 Å². The fourth-order valence-electron chi connectivity index (χ4n) is 3.77. The van der Waals surface area contributed by atoms with Gasteiger partial charge in [-0.05, 0) is 39.5 Å². The second-order valence-electron chi connectivity index (χ2n) is 9.01. The fraction of sp³-hybridized carbons (Fsp3) is 0.885. The largest absolute Gasteiger partial charge is 0.356 e. The summed E-state index contributed by atoms with van der Waals surface area (Å²) >= 11 is 0. The number of Topliss-reactive ketones (excluding diaryl/α,β-unsaturated/α-hetero) is 2. The summed E-state index contributed by atoms with van der Waals surface area (Å²) in [4.78, 5) is 33.5. The van der Waals surface area contributed by atoms with Crippen molar-refractivity contribution in [3.8, 4) is 0 Å². The lowest BCUT2D eigenvalue weighted by molar-refractivity contribution is -0.121. The number of hydrogen-bond acceptors (Lipinski definition) is 3. The number of ketones is 2. The van der Waals surface area contributed by atoms with Crippen LogP contribution in [0.5, 0.6) is 0 Å². The van der Waals surface area contributed by atoms with Gasteiger partial charge in [-0.1, -0.05) is 83.5 Å². The molecule has 0 saturated carbocycles. The van der Waals surface area contributed by atoms with E-state index in [2.05, 4.69) is 5.32 Å². The summed E-state index contributed by atoms with van der Waals surface area (Å²) in [5.74, 6) is 0.808. The summed E-state index contributed by atoms with van der Waals surface area (Å²) in [6, 6.07) is 0. The molecule has 0 unspecified atom stereocenters. The molecule has 0 spiro atoms. The van der Waals surface area contributed by atoms with Gasteiger partial charge in [0.05, 0.1) is 0 Å². The molecule has 1 N–H and O–H groups in total. The summed E-state index contributed by atoms with van der Waals surface area (Å²) in [5.41, 5.74) is 0. The number of carbonyl (C=O) groups is 3. The molecule has 176 valence electrons. The van der Waals surface area contributed by atoms with Gasteiger partial charge in [-0.25, -0.2) is 0 Å². The van der Waals surface area contributed by atoms with Crippen molar-refractivity contribution in [1.82, 2.24) is 5.32 Å². The summed E-state index contributed by atoms with van der Waals surface area (Å²) in [7, 11) is 0. The van der Waals surface area contributed by atoms with Crippen LogP contribution in [0.15, 0.2) is 0 Å². The van der Waals surface area contributed by atoms with Crippen molar-refractivity contribution < 1.29 is 14.4 Å². The van der Waals surface area contributed by atoms with E-state index in [9.17, 15) is 14.4 Å². The van der Waals surface area contributed by atoms with Crippen LogP contribution in [0.3, 0.4) is 0 Å². The van der Waals surface area contributed by atoms with Gasteiger partial charge in [0.25, 0.3) is 0 Å². The second-order valence-corrected chi connectivity index (χ2v) is 9.01. The first kappa shape index (κ1) is 28.8. The quantitative estimate of drug-likeness (QED) is 0.179. The van der Waals surface area contributed by atoms with Crippen molar-refractivity contribution in [2.45, 2.75) is 142 Å². The molecule has 30 heavy (non-hydrogen) atoms. The van der Waals surface area contributed by atoms with Gasteiger partial charge in [-0.3, -0.25) is 4.79 Å². The molecule has 0 aromatic rings. The lowest BCUT2D eigenvalue weighted by Crippen LogP contribution is -2.23. The van der Waals surface area contributed by atoms with Crippen LogP contribution in [0.2, 0.25) is 0 Å². The number of amides is 1. The Morgan fingerprint density at radius 2 is 0.733 bits per heavy atom. The van der Waals surface area contributed by atoms with E-state index in [1.807, 2.05) is 0 Å². The minimum Gasteiger partial charge on any atom is -0.356 e. The van der Waals surface area contributed by atoms with Gasteiger partial charge in [-0.15, -0.1) is 0 Å². The summed E-state index contributed by atoms with van der Waals surface area (Å²) in [5, 5.41) is 3.03. The van der Waals surface area contributed by atoms with Crippen LogP contribution in [0.4, 0.5) is 0 Å². The molecule has 0 fully saturated rings. The van der Waals surface area contributed by atoms with Crippen molar-refractivity contribution in [3.05, 3.63) is 0 Å². The van der Waals surface area contributed by atoms with Crippen LogP contribution < -0.4 is 5.32 Å². The van der Waals surface area contributed by atoms with Crippen LogP contribution in [0, 0.1) is 0 Å². The maximum atomic E-state index is 11.8. The highest BCUT2D eigenvalue weighted by Gasteiger charge is 2.01. The topological polar surface area (TPSA) is 63.2 Å². The number of rotatable bonds is 23. The van der Waals surface area contributed by atoms with Crippen molar-refractivity contribution in [2.24, 2.45) is 0 Å². The number of hydrogen-bond donors (Lipinski definition) is 1. The molecule has 0 aromatic heterocycles. The zero-order chi connectivity index (χ0) is 22.3. The molecule has 4 heteroatoms. The molecule has 1 amide bonds. The maximum absolute atomic E-state index is 11.8. The van der Waals surface area contributed by atoms with Gasteiger partial charge >= 0.3 is 0 Å². The molecule has 0 radical (unpaired) electrons. The summed E-state index contributed by atoms with van der Waals surface area (Å²) in [6.07, 6.45) is 22.5. The van der Waals surface area contributed by atoms with Crippen molar-refractivity contribution in [3.63, 3.8) is 0 Å². The zero-order valence-corrected chi connectivity index (χ0v) is 20.1. The molecule has 0 heterocycles. The monoisotopic (exact) mass is 423 g/mol. The predicted molar refractivity (Wildman–Crippen MR) is 127 cm³/mol. The van der Waals surface area contributed by atoms with Crippen molar-refractivity contribution in [1.29, 1.82) is 0 Å². The first-order valence-corrected chi connectivity index (χ1v) is 12.8. The van der Waals surface area contributed by atoms with Crippen LogP contribution in [0.25, 0.3) is 0 Å². The Bertz CT molecular complexity index is 434. The van der Waals surface area contributed by atoms with Gasteiger partial charge in [0.15, 0.2) is 0 Å². The molecule has 4 nitrogen and oxygen atoms in total. The summed E-state index contributed by atoms with van der Waals surface area (Å²) < 4.78 is 0. The third-order valence-corrected chi connectivity index (χ3v) is 5.71. The Morgan fingerprint density at radius 3 is 1.10 bits per heavy atom. The van der Waals surface area contributed by atoms with Gasteiger partial charge in [0, 0.05) is 25.8 Å². The molecule has 0 aliphatic heterocycles. The maximum Gasteiger partial charge on any atom is 0.219 e. The molecule has 0 aliphatic rings. The standard InChI is InChI=1S/C26H49NO3/c1-24(28)20-16-12-9-7-5-3-4-6-8-10-14-18-22-26(30)27-23-19-15-11-13-17-21-25(2)29/h3-23H2,1-2H3,(H,27,30). The Kier molecular flexibility index (Phi) is 21.6. The Labute approximate surface area is 186 Å². The Balaban J connectivity index is 3.17. The molecule has 0 rings (SSSR count). The highest BCUT2D eigenvalue weighted by atomic mass is 16.1. The van der Waals surface area contributed by atoms with Gasteiger partial charge in [0.2, 0.25) is 5.91 Å². The average Bonchev–Trinajstić information content (AvgIpc) is 2.69. The van der Waals surface area contributed by atoms with E-state index < -0.39 is 0 Å². The first-order valence-electron chi connectivity index (χ1n) is 12.8. The average molecular weight is 424 g/mol. The van der Waals surface area contributed by atoms with Crippen LogP contribution >= 0.6 is 0 Å². The Morgan fingerprint density at radius 1 is 0.433 bits per heavy atom. The molecule has 0 atom stereocenters. The van der Waals surface area contributed by atoms with Gasteiger partial charge in [-0.2, -0.15) is 0 Å².